The van der Waals surface area contributed by atoms with Crippen molar-refractivity contribution in [3.63, 3.8) is 0 Å². The van der Waals surface area contributed by atoms with Gasteiger partial charge in [0.05, 0.1) is 17.0 Å². The molecule has 0 bridgehead atoms. The number of nitrogens with zero attached hydrogens (tertiary/aromatic N) is 3. The van der Waals surface area contributed by atoms with E-state index in [-0.39, 0.29) is 5.91 Å². The topological polar surface area (TPSA) is 69.0 Å². The fraction of sp³-hybridized carbons (Fsp3) is 0.148. The van der Waals surface area contributed by atoms with Crippen molar-refractivity contribution in [1.29, 1.82) is 0 Å². The molecule has 34 heavy (non-hydrogen) atoms. The quantitative estimate of drug-likeness (QED) is 0.317. The minimum absolute atomic E-state index is 0.191. The molecule has 5 aromatic rings. The van der Waals surface area contributed by atoms with Gasteiger partial charge in [0.1, 0.15) is 17.1 Å². The van der Waals surface area contributed by atoms with Crippen LogP contribution >= 0.6 is 11.3 Å². The molecule has 1 N–H and O–H groups in total. The fourth-order valence-corrected chi connectivity index (χ4v) is 4.75. The van der Waals surface area contributed by atoms with Crippen LogP contribution in [0.15, 0.2) is 78.9 Å². The molecule has 5 rings (SSSR count). The third-order valence-corrected chi connectivity index (χ3v) is 6.39. The van der Waals surface area contributed by atoms with Gasteiger partial charge in [0.25, 0.3) is 5.91 Å². The number of nitrogens with one attached hydrogen (secondary N) is 1. The fourth-order valence-electron chi connectivity index (χ4n) is 3.80. The number of fused-ring (bicyclic) bond motifs is 1. The first kappa shape index (κ1) is 21.9. The number of anilines is 1. The van der Waals surface area contributed by atoms with Crippen molar-refractivity contribution in [2.24, 2.45) is 0 Å². The maximum absolute atomic E-state index is 13.0. The van der Waals surface area contributed by atoms with Gasteiger partial charge in [-0.1, -0.05) is 59.9 Å². The van der Waals surface area contributed by atoms with E-state index in [4.69, 9.17) is 9.72 Å². The van der Waals surface area contributed by atoms with Crippen LogP contribution in [0.1, 0.15) is 34.1 Å². The highest BCUT2D eigenvalue weighted by atomic mass is 32.1. The number of thiazole rings is 1. The largest absolute Gasteiger partial charge is 0.492 e. The van der Waals surface area contributed by atoms with Gasteiger partial charge in [-0.2, -0.15) is 9.78 Å². The van der Waals surface area contributed by atoms with Crippen molar-refractivity contribution in [1.82, 2.24) is 14.8 Å². The summed E-state index contributed by atoms with van der Waals surface area (Å²) < 4.78 is 8.40. The number of benzene rings is 3. The van der Waals surface area contributed by atoms with E-state index in [0.717, 1.165) is 33.6 Å². The summed E-state index contributed by atoms with van der Waals surface area (Å²) in [5.41, 5.74) is 4.57. The Morgan fingerprint density at radius 3 is 2.53 bits per heavy atom. The van der Waals surface area contributed by atoms with Crippen LogP contribution in [0, 0.1) is 6.92 Å². The van der Waals surface area contributed by atoms with Crippen LogP contribution in [0.5, 0.6) is 5.75 Å². The maximum atomic E-state index is 13.0. The molecule has 0 saturated heterocycles. The Kier molecular flexibility index (Phi) is 6.10. The molecule has 0 atom stereocenters. The molecule has 0 spiro atoms. The van der Waals surface area contributed by atoms with E-state index in [1.54, 1.807) is 4.68 Å². The van der Waals surface area contributed by atoms with Gasteiger partial charge in [-0.3, -0.25) is 4.79 Å². The first-order valence-electron chi connectivity index (χ1n) is 11.1. The smallest absolute Gasteiger partial charge is 0.256 e. The lowest BCUT2D eigenvalue weighted by Crippen LogP contribution is -2.15. The number of amides is 1. The van der Waals surface area contributed by atoms with Crippen molar-refractivity contribution in [3.05, 3.63) is 101 Å². The second kappa shape index (κ2) is 9.49. The second-order valence-electron chi connectivity index (χ2n) is 7.93. The Hall–Kier alpha value is -3.97. The van der Waals surface area contributed by atoms with E-state index in [9.17, 15) is 4.79 Å². The Morgan fingerprint density at radius 1 is 1.00 bits per heavy atom. The van der Waals surface area contributed by atoms with Crippen LogP contribution in [0.3, 0.4) is 0 Å². The van der Waals surface area contributed by atoms with Crippen LogP contribution in [0.2, 0.25) is 0 Å². The molecule has 0 aliphatic heterocycles. The normalized spacial score (nSPS) is 11.0. The van der Waals surface area contributed by atoms with Gasteiger partial charge < -0.3 is 10.1 Å². The van der Waals surface area contributed by atoms with E-state index in [1.165, 1.54) is 16.9 Å². The Balaban J connectivity index is 1.37. The molecule has 3 aromatic carbocycles. The Labute approximate surface area is 201 Å². The SMILES string of the molecule is CCOc1cccc2sc(-n3nc(C)cc3NC(=O)c3ccc(Cc4ccccc4)cc3)nc12. The molecular formula is C27H24N4O2S. The third-order valence-electron chi connectivity index (χ3n) is 5.39. The molecule has 0 aliphatic carbocycles. The molecule has 0 saturated carbocycles. The number of para-hydroxylation sites is 1. The van der Waals surface area contributed by atoms with Crippen LogP contribution in [-0.2, 0) is 6.42 Å². The highest BCUT2D eigenvalue weighted by Crippen LogP contribution is 2.32. The monoisotopic (exact) mass is 468 g/mol. The Morgan fingerprint density at radius 2 is 1.76 bits per heavy atom. The number of aryl methyl sites for hydroxylation is 1. The summed E-state index contributed by atoms with van der Waals surface area (Å²) in [6.07, 6.45) is 0.829. The lowest BCUT2D eigenvalue weighted by Gasteiger charge is -2.08. The molecule has 0 fully saturated rings. The van der Waals surface area contributed by atoms with Crippen LogP contribution < -0.4 is 10.1 Å². The summed E-state index contributed by atoms with van der Waals surface area (Å²) in [7, 11) is 0. The van der Waals surface area contributed by atoms with Gasteiger partial charge in [0.2, 0.25) is 5.13 Å². The van der Waals surface area contributed by atoms with Crippen LogP contribution in [0.25, 0.3) is 15.3 Å². The summed E-state index contributed by atoms with van der Waals surface area (Å²) >= 11 is 1.50. The van der Waals surface area contributed by atoms with Gasteiger partial charge in [0, 0.05) is 11.6 Å². The first-order chi connectivity index (χ1) is 16.6. The summed E-state index contributed by atoms with van der Waals surface area (Å²) in [6, 6.07) is 25.7. The molecule has 170 valence electrons. The lowest BCUT2D eigenvalue weighted by atomic mass is 10.0. The van der Waals surface area contributed by atoms with E-state index in [2.05, 4.69) is 22.5 Å². The highest BCUT2D eigenvalue weighted by molar-refractivity contribution is 7.20. The first-order valence-corrected chi connectivity index (χ1v) is 12.0. The molecule has 2 heterocycles. The van der Waals surface area contributed by atoms with Gasteiger partial charge in [-0.05, 0) is 55.7 Å². The van der Waals surface area contributed by atoms with E-state index in [0.29, 0.717) is 23.1 Å². The summed E-state index contributed by atoms with van der Waals surface area (Å²) in [4.78, 5) is 17.7. The molecular weight excluding hydrogens is 444 g/mol. The zero-order chi connectivity index (χ0) is 23.5. The lowest BCUT2D eigenvalue weighted by molar-refractivity contribution is 0.102. The highest BCUT2D eigenvalue weighted by Gasteiger charge is 2.17. The average Bonchev–Trinajstić information content (AvgIpc) is 3.44. The number of hydrogen-bond acceptors (Lipinski definition) is 5. The zero-order valence-electron chi connectivity index (χ0n) is 19.0. The summed E-state index contributed by atoms with van der Waals surface area (Å²) in [5.74, 6) is 1.13. The van der Waals surface area contributed by atoms with Gasteiger partial charge in [0.15, 0.2) is 0 Å². The summed E-state index contributed by atoms with van der Waals surface area (Å²) in [5, 5.41) is 8.24. The van der Waals surface area contributed by atoms with Gasteiger partial charge in [-0.15, -0.1) is 0 Å². The summed E-state index contributed by atoms with van der Waals surface area (Å²) in [6.45, 7) is 4.41. The Bertz CT molecular complexity index is 1440. The number of carbonyl (C=O) groups is 1. The van der Waals surface area contributed by atoms with Crippen molar-refractivity contribution in [3.8, 4) is 10.9 Å². The van der Waals surface area contributed by atoms with Gasteiger partial charge >= 0.3 is 0 Å². The van der Waals surface area contributed by atoms with Crippen LogP contribution in [-0.4, -0.2) is 27.3 Å². The molecule has 0 radical (unpaired) electrons. The third kappa shape index (κ3) is 4.56. The van der Waals surface area contributed by atoms with E-state index < -0.39 is 0 Å². The van der Waals surface area contributed by atoms with Crippen molar-refractivity contribution >= 4 is 33.3 Å². The minimum atomic E-state index is -0.191. The number of rotatable bonds is 7. The zero-order valence-corrected chi connectivity index (χ0v) is 19.8. The predicted octanol–water partition coefficient (Wildman–Crippen LogP) is 6.03. The molecule has 2 aromatic heterocycles. The number of hydrogen-bond donors (Lipinski definition) is 1. The molecule has 1 amide bonds. The standard InChI is InChI=1S/C27H24N4O2S/c1-3-33-22-10-7-11-23-25(22)29-27(34-23)31-24(16-18(2)30-31)28-26(32)21-14-12-20(13-15-21)17-19-8-5-4-6-9-19/h4-16H,3,17H2,1-2H3,(H,28,32). The minimum Gasteiger partial charge on any atom is -0.492 e. The van der Waals surface area contributed by atoms with Crippen molar-refractivity contribution in [2.45, 2.75) is 20.3 Å². The second-order valence-corrected chi connectivity index (χ2v) is 8.94. The molecule has 7 heteroatoms. The predicted molar refractivity (Wildman–Crippen MR) is 136 cm³/mol. The molecule has 0 unspecified atom stereocenters. The number of carbonyl (C=O) groups excluding carboxylic acids is 1. The van der Waals surface area contributed by atoms with Crippen molar-refractivity contribution < 1.29 is 9.53 Å². The van der Waals surface area contributed by atoms with E-state index in [1.807, 2.05) is 80.6 Å². The van der Waals surface area contributed by atoms with E-state index >= 15 is 0 Å². The average molecular weight is 469 g/mol. The van der Waals surface area contributed by atoms with Crippen molar-refractivity contribution in [2.75, 3.05) is 11.9 Å². The maximum Gasteiger partial charge on any atom is 0.256 e. The number of ether oxygens (including phenoxy) is 1. The van der Waals surface area contributed by atoms with Crippen LogP contribution in [0.4, 0.5) is 5.82 Å². The number of aromatic nitrogens is 3. The molecule has 6 nitrogen and oxygen atoms in total. The molecule has 0 aliphatic rings. The van der Waals surface area contributed by atoms with Gasteiger partial charge in [-0.25, -0.2) is 4.98 Å².